The van der Waals surface area contributed by atoms with Crippen LogP contribution in [-0.4, -0.2) is 31.0 Å². The Morgan fingerprint density at radius 3 is 2.73 bits per heavy atom. The number of benzene rings is 1. The predicted octanol–water partition coefficient (Wildman–Crippen LogP) is 0.583. The number of aliphatic hydroxyl groups excluding tert-OH is 1. The second kappa shape index (κ2) is 3.93. The summed E-state index contributed by atoms with van der Waals surface area (Å²) in [6, 6.07) is 8.19. The second-order valence-electron chi connectivity index (χ2n) is 4.27. The average Bonchev–Trinajstić information content (AvgIpc) is 2.16. The Morgan fingerprint density at radius 2 is 2.27 bits per heavy atom. The van der Waals surface area contributed by atoms with Crippen LogP contribution < -0.4 is 5.73 Å². The van der Waals surface area contributed by atoms with Crippen molar-refractivity contribution in [1.82, 2.24) is 0 Å². The quantitative estimate of drug-likeness (QED) is 0.762. The van der Waals surface area contributed by atoms with Crippen LogP contribution in [0.4, 0.5) is 0 Å². The molecule has 1 aliphatic rings. The first-order valence-electron chi connectivity index (χ1n) is 5.22. The number of nitrogens with two attached hydrogens (primary N) is 1. The molecule has 3 N–H and O–H groups in total. The summed E-state index contributed by atoms with van der Waals surface area (Å²) >= 11 is 0. The van der Waals surface area contributed by atoms with Crippen LogP contribution in [0.5, 0.6) is 0 Å². The van der Waals surface area contributed by atoms with Gasteiger partial charge in [0, 0.05) is 6.54 Å². The molecule has 1 saturated heterocycles. The maximum absolute atomic E-state index is 9.97. The van der Waals surface area contributed by atoms with Crippen molar-refractivity contribution in [2.75, 3.05) is 19.8 Å². The molecular formula is C12H17NO2. The molecule has 1 fully saturated rings. The zero-order chi connectivity index (χ0) is 10.9. The van der Waals surface area contributed by atoms with Crippen LogP contribution in [0.25, 0.3) is 0 Å². The Morgan fingerprint density at radius 1 is 1.53 bits per heavy atom. The number of aliphatic hydroxyl groups is 1. The third kappa shape index (κ3) is 1.67. The molecule has 82 valence electrons. The van der Waals surface area contributed by atoms with Crippen LogP contribution in [0.15, 0.2) is 24.3 Å². The van der Waals surface area contributed by atoms with Gasteiger partial charge in [-0.15, -0.1) is 0 Å². The normalized spacial score (nSPS) is 20.7. The zero-order valence-electron chi connectivity index (χ0n) is 8.94. The minimum absolute atomic E-state index is 0.275. The maximum atomic E-state index is 9.97. The molecule has 1 aliphatic heterocycles. The molecule has 0 saturated carbocycles. The SMILES string of the molecule is Cc1cccc(C2(C(O)CN)COC2)c1. The van der Waals surface area contributed by atoms with Gasteiger partial charge in [0.2, 0.25) is 0 Å². The highest BCUT2D eigenvalue weighted by Gasteiger charge is 2.46. The summed E-state index contributed by atoms with van der Waals surface area (Å²) in [5, 5.41) is 9.97. The highest BCUT2D eigenvalue weighted by molar-refractivity contribution is 5.33. The summed E-state index contributed by atoms with van der Waals surface area (Å²) in [7, 11) is 0. The van der Waals surface area contributed by atoms with Crippen molar-refractivity contribution in [3.05, 3.63) is 35.4 Å². The van der Waals surface area contributed by atoms with Gasteiger partial charge in [0.15, 0.2) is 0 Å². The molecule has 0 aliphatic carbocycles. The number of hydrogen-bond donors (Lipinski definition) is 2. The molecular weight excluding hydrogens is 190 g/mol. The number of rotatable bonds is 3. The van der Waals surface area contributed by atoms with E-state index in [2.05, 4.69) is 6.07 Å². The summed E-state index contributed by atoms with van der Waals surface area (Å²) in [6.07, 6.45) is -0.520. The largest absolute Gasteiger partial charge is 0.391 e. The molecule has 2 rings (SSSR count). The van der Waals surface area contributed by atoms with Gasteiger partial charge in [0.05, 0.1) is 24.7 Å². The van der Waals surface area contributed by atoms with Crippen molar-refractivity contribution in [3.63, 3.8) is 0 Å². The van der Waals surface area contributed by atoms with Gasteiger partial charge < -0.3 is 15.6 Å². The van der Waals surface area contributed by atoms with Gasteiger partial charge in [-0.25, -0.2) is 0 Å². The molecule has 0 aromatic heterocycles. The van der Waals surface area contributed by atoms with Gasteiger partial charge in [-0.1, -0.05) is 29.8 Å². The standard InChI is InChI=1S/C12H17NO2/c1-9-3-2-4-10(5-9)12(7-15-8-12)11(14)6-13/h2-5,11,14H,6-8,13H2,1H3. The van der Waals surface area contributed by atoms with Crippen molar-refractivity contribution in [1.29, 1.82) is 0 Å². The third-order valence-corrected chi connectivity index (χ3v) is 3.17. The van der Waals surface area contributed by atoms with E-state index in [0.717, 1.165) is 5.56 Å². The second-order valence-corrected chi connectivity index (χ2v) is 4.27. The minimum Gasteiger partial charge on any atom is -0.391 e. The minimum atomic E-state index is -0.520. The Kier molecular flexibility index (Phi) is 2.78. The van der Waals surface area contributed by atoms with Crippen molar-refractivity contribution in [2.45, 2.75) is 18.4 Å². The first-order valence-corrected chi connectivity index (χ1v) is 5.22. The van der Waals surface area contributed by atoms with E-state index in [0.29, 0.717) is 13.2 Å². The Bertz CT molecular complexity index is 347. The number of ether oxygens (including phenoxy) is 1. The number of hydrogen-bond acceptors (Lipinski definition) is 3. The molecule has 1 unspecified atom stereocenters. The lowest BCUT2D eigenvalue weighted by molar-refractivity contribution is -0.116. The fraction of sp³-hybridized carbons (Fsp3) is 0.500. The Hall–Kier alpha value is -0.900. The van der Waals surface area contributed by atoms with E-state index in [9.17, 15) is 5.11 Å². The molecule has 1 atom stereocenters. The summed E-state index contributed by atoms with van der Waals surface area (Å²) in [4.78, 5) is 0. The molecule has 1 heterocycles. The van der Waals surface area contributed by atoms with Crippen LogP contribution >= 0.6 is 0 Å². The van der Waals surface area contributed by atoms with E-state index < -0.39 is 6.10 Å². The van der Waals surface area contributed by atoms with E-state index in [-0.39, 0.29) is 12.0 Å². The van der Waals surface area contributed by atoms with Gasteiger partial charge in [0.25, 0.3) is 0 Å². The molecule has 0 bridgehead atoms. The smallest absolute Gasteiger partial charge is 0.0803 e. The lowest BCUT2D eigenvalue weighted by Gasteiger charge is -2.45. The molecule has 0 radical (unpaired) electrons. The molecule has 15 heavy (non-hydrogen) atoms. The molecule has 3 nitrogen and oxygen atoms in total. The van der Waals surface area contributed by atoms with E-state index in [1.54, 1.807) is 0 Å². The topological polar surface area (TPSA) is 55.5 Å². The summed E-state index contributed by atoms with van der Waals surface area (Å²) in [5.74, 6) is 0. The lowest BCUT2D eigenvalue weighted by atomic mass is 9.73. The molecule has 3 heteroatoms. The van der Waals surface area contributed by atoms with Crippen LogP contribution in [0.1, 0.15) is 11.1 Å². The van der Waals surface area contributed by atoms with E-state index >= 15 is 0 Å². The highest BCUT2D eigenvalue weighted by Crippen LogP contribution is 2.35. The monoisotopic (exact) mass is 207 g/mol. The lowest BCUT2D eigenvalue weighted by Crippen LogP contribution is -2.57. The van der Waals surface area contributed by atoms with Gasteiger partial charge in [-0.05, 0) is 12.5 Å². The zero-order valence-corrected chi connectivity index (χ0v) is 8.94. The van der Waals surface area contributed by atoms with E-state index in [1.165, 1.54) is 5.56 Å². The predicted molar refractivity (Wildman–Crippen MR) is 58.7 cm³/mol. The highest BCUT2D eigenvalue weighted by atomic mass is 16.5. The molecule has 0 spiro atoms. The van der Waals surface area contributed by atoms with Crippen molar-refractivity contribution >= 4 is 0 Å². The van der Waals surface area contributed by atoms with Crippen LogP contribution in [0, 0.1) is 6.92 Å². The van der Waals surface area contributed by atoms with Gasteiger partial charge in [-0.3, -0.25) is 0 Å². The Labute approximate surface area is 89.9 Å². The first-order chi connectivity index (χ1) is 7.19. The maximum Gasteiger partial charge on any atom is 0.0803 e. The molecule has 0 amide bonds. The van der Waals surface area contributed by atoms with Crippen molar-refractivity contribution in [3.8, 4) is 0 Å². The molecule has 1 aromatic carbocycles. The summed E-state index contributed by atoms with van der Waals surface area (Å²) < 4.78 is 5.24. The van der Waals surface area contributed by atoms with Crippen LogP contribution in [0.2, 0.25) is 0 Å². The Balaban J connectivity index is 2.34. The fourth-order valence-electron chi connectivity index (χ4n) is 2.05. The van der Waals surface area contributed by atoms with Crippen molar-refractivity contribution < 1.29 is 9.84 Å². The summed E-state index contributed by atoms with van der Waals surface area (Å²) in [6.45, 7) is 3.45. The summed E-state index contributed by atoms with van der Waals surface area (Å²) in [5.41, 5.74) is 7.59. The molecule has 1 aromatic rings. The fourth-order valence-corrected chi connectivity index (χ4v) is 2.05. The van der Waals surface area contributed by atoms with Crippen LogP contribution in [-0.2, 0) is 10.2 Å². The van der Waals surface area contributed by atoms with Crippen LogP contribution in [0.3, 0.4) is 0 Å². The van der Waals surface area contributed by atoms with Gasteiger partial charge in [0.1, 0.15) is 0 Å². The van der Waals surface area contributed by atoms with Crippen molar-refractivity contribution in [2.24, 2.45) is 5.73 Å². The van der Waals surface area contributed by atoms with E-state index in [4.69, 9.17) is 10.5 Å². The number of aryl methyl sites for hydroxylation is 1. The average molecular weight is 207 g/mol. The van der Waals surface area contributed by atoms with E-state index in [1.807, 2.05) is 25.1 Å². The van der Waals surface area contributed by atoms with Gasteiger partial charge in [-0.2, -0.15) is 0 Å². The third-order valence-electron chi connectivity index (χ3n) is 3.17. The first kappa shape index (κ1) is 10.6. The van der Waals surface area contributed by atoms with Gasteiger partial charge >= 0.3 is 0 Å².